The van der Waals surface area contributed by atoms with Crippen molar-refractivity contribution in [1.29, 1.82) is 5.41 Å². The summed E-state index contributed by atoms with van der Waals surface area (Å²) in [6, 6.07) is 4.73. The molecule has 0 aromatic carbocycles. The van der Waals surface area contributed by atoms with Gasteiger partial charge in [-0.05, 0) is 80.5 Å². The number of furan rings is 1. The fraction of sp³-hybridized carbons (Fsp3) is 0.515. The zero-order valence-electron chi connectivity index (χ0n) is 25.4. The highest BCUT2D eigenvalue weighted by Gasteiger charge is 2.80. The van der Waals surface area contributed by atoms with Crippen LogP contribution in [0.4, 0.5) is 18.9 Å². The van der Waals surface area contributed by atoms with Gasteiger partial charge >= 0.3 is 5.97 Å². The molecule has 6 rings (SSSR count). The van der Waals surface area contributed by atoms with Crippen molar-refractivity contribution >= 4 is 34.7 Å². The van der Waals surface area contributed by atoms with Crippen molar-refractivity contribution < 1.29 is 42.3 Å². The number of halogens is 3. The standard InChI is InChI=1S/C33H36F3N3O5S/c1-29-10-8-20-13-22(39-21-6-7-26(35)38-17-21)19(16-37)14-30(20,2)33(29,36)25(40)15-31(3)24(29)9-11-32(31,28(42)45-18-34)44-27(41)23-5-4-12-43-23/h4-7,12-13,16-17,24-25,37,39-40H,8-11,14-15,18H2,1-3H3/p+1/t24-,25-,29-,30-,31-,32?,33+/m0/s1. The van der Waals surface area contributed by atoms with Crippen LogP contribution in [-0.4, -0.2) is 50.8 Å². The van der Waals surface area contributed by atoms with Crippen molar-refractivity contribution in [2.24, 2.45) is 22.2 Å². The third-order valence-corrected chi connectivity index (χ3v) is 12.3. The van der Waals surface area contributed by atoms with Crippen LogP contribution >= 0.6 is 11.8 Å². The van der Waals surface area contributed by atoms with Gasteiger partial charge in [-0.1, -0.05) is 26.3 Å². The molecule has 45 heavy (non-hydrogen) atoms. The lowest BCUT2D eigenvalue weighted by atomic mass is 9.38. The van der Waals surface area contributed by atoms with E-state index in [1.807, 2.05) is 13.0 Å². The van der Waals surface area contributed by atoms with E-state index in [0.717, 1.165) is 5.57 Å². The van der Waals surface area contributed by atoms with Gasteiger partial charge in [0.1, 0.15) is 11.7 Å². The molecule has 1 unspecified atom stereocenters. The largest absolute Gasteiger partial charge is 0.457 e. The Hall–Kier alpha value is -3.22. The van der Waals surface area contributed by atoms with E-state index in [0.29, 0.717) is 48.0 Å². The number of hydrogen-bond acceptors (Lipinski definition) is 8. The molecule has 7 atom stereocenters. The molecule has 3 fully saturated rings. The van der Waals surface area contributed by atoms with Crippen LogP contribution in [0.5, 0.6) is 0 Å². The molecule has 0 spiro atoms. The Morgan fingerprint density at radius 2 is 2.02 bits per heavy atom. The molecule has 4 aliphatic carbocycles. The van der Waals surface area contributed by atoms with E-state index in [9.17, 15) is 23.5 Å². The van der Waals surface area contributed by atoms with Gasteiger partial charge in [0.15, 0.2) is 17.0 Å². The Labute approximate surface area is 263 Å². The maximum absolute atomic E-state index is 18.4. The van der Waals surface area contributed by atoms with E-state index in [1.165, 1.54) is 36.9 Å². The second-order valence-corrected chi connectivity index (χ2v) is 14.3. The maximum atomic E-state index is 18.4. The number of nitrogens with one attached hydrogen (secondary N) is 1. The quantitative estimate of drug-likeness (QED) is 0.200. The van der Waals surface area contributed by atoms with Crippen LogP contribution in [0.15, 0.2) is 64.1 Å². The lowest BCUT2D eigenvalue weighted by Crippen LogP contribution is -2.77. The maximum Gasteiger partial charge on any atom is 0.375 e. The van der Waals surface area contributed by atoms with Crippen LogP contribution < -0.4 is 5.32 Å². The zero-order chi connectivity index (χ0) is 32.4. The lowest BCUT2D eigenvalue weighted by molar-refractivity contribution is -0.514. The monoisotopic (exact) mass is 644 g/mol. The van der Waals surface area contributed by atoms with Gasteiger partial charge in [-0.25, -0.2) is 18.6 Å². The average molecular weight is 645 g/mol. The third-order valence-electron chi connectivity index (χ3n) is 11.6. The first kappa shape index (κ1) is 31.7. The molecule has 4 aliphatic rings. The fourth-order valence-electron chi connectivity index (χ4n) is 9.47. The molecule has 0 saturated heterocycles. The number of allylic oxidation sites excluding steroid dienone is 3. The highest BCUT2D eigenvalue weighted by Crippen LogP contribution is 2.76. The van der Waals surface area contributed by atoms with Gasteiger partial charge in [0, 0.05) is 34.1 Å². The number of aromatic nitrogens is 1. The van der Waals surface area contributed by atoms with Gasteiger partial charge in [0.2, 0.25) is 16.8 Å². The summed E-state index contributed by atoms with van der Waals surface area (Å²) >= 11 is 0.414. The summed E-state index contributed by atoms with van der Waals surface area (Å²) < 4.78 is 56.6. The van der Waals surface area contributed by atoms with E-state index < -0.39 is 62.6 Å². The number of alkyl halides is 2. The summed E-state index contributed by atoms with van der Waals surface area (Å²) in [5.41, 5.74) is -4.85. The van der Waals surface area contributed by atoms with Crippen LogP contribution in [0.3, 0.4) is 0 Å². The minimum atomic E-state index is -2.18. The molecule has 8 nitrogen and oxygen atoms in total. The molecule has 3 saturated carbocycles. The summed E-state index contributed by atoms with van der Waals surface area (Å²) in [6.07, 6.45) is 5.37. The second kappa shape index (κ2) is 10.9. The van der Waals surface area contributed by atoms with Gasteiger partial charge in [-0.15, -0.1) is 0 Å². The topological polar surface area (TPSA) is 130 Å². The number of carbonyl (C=O) groups is 2. The lowest BCUT2D eigenvalue weighted by Gasteiger charge is -2.68. The van der Waals surface area contributed by atoms with Crippen LogP contribution in [-0.2, 0) is 9.53 Å². The number of thioether (sulfide) groups is 1. The minimum Gasteiger partial charge on any atom is -0.457 e. The van der Waals surface area contributed by atoms with Gasteiger partial charge in [-0.2, -0.15) is 4.39 Å². The van der Waals surface area contributed by atoms with Crippen LogP contribution in [0.2, 0.25) is 0 Å². The fourth-order valence-corrected chi connectivity index (χ4v) is 10.2. The Morgan fingerprint density at radius 3 is 2.67 bits per heavy atom. The van der Waals surface area contributed by atoms with E-state index in [2.05, 4.69) is 4.98 Å². The number of ether oxygens (including phenoxy) is 1. The first-order valence-electron chi connectivity index (χ1n) is 15.1. The number of aliphatic hydroxyl groups excluding tert-OH is 1. The van der Waals surface area contributed by atoms with Gasteiger partial charge < -0.3 is 19.7 Å². The van der Waals surface area contributed by atoms with E-state index >= 15 is 4.39 Å². The average Bonchev–Trinajstić information content (AvgIpc) is 3.64. The number of nitrogens with two attached hydrogens (primary N) is 1. The van der Waals surface area contributed by atoms with E-state index in [4.69, 9.17) is 14.6 Å². The molecule has 0 aliphatic heterocycles. The zero-order valence-corrected chi connectivity index (χ0v) is 26.2. The van der Waals surface area contributed by atoms with Crippen molar-refractivity contribution in [1.82, 2.24) is 4.98 Å². The molecule has 2 heterocycles. The molecular weight excluding hydrogens is 607 g/mol. The van der Waals surface area contributed by atoms with E-state index in [1.54, 1.807) is 25.2 Å². The number of pyridine rings is 1. The Balaban J connectivity index is 1.39. The highest BCUT2D eigenvalue weighted by molar-refractivity contribution is 8.13. The van der Waals surface area contributed by atoms with Gasteiger partial charge in [-0.3, -0.25) is 10.1 Å². The number of fused-ring (bicyclic) bond motifs is 5. The minimum absolute atomic E-state index is 0.0563. The smallest absolute Gasteiger partial charge is 0.375 e. The first-order valence-corrected chi connectivity index (χ1v) is 16.1. The number of carbonyl (C=O) groups excluding carboxylic acids is 2. The third kappa shape index (κ3) is 4.35. The number of quaternary nitrogens is 1. The van der Waals surface area contributed by atoms with Crippen molar-refractivity contribution in [2.45, 2.75) is 76.7 Å². The van der Waals surface area contributed by atoms with Crippen molar-refractivity contribution in [2.75, 3.05) is 6.01 Å². The Bertz CT molecular complexity index is 1600. The Kier molecular flexibility index (Phi) is 7.72. The number of rotatable bonds is 7. The molecule has 0 radical (unpaired) electrons. The second-order valence-electron chi connectivity index (χ2n) is 13.5. The van der Waals surface area contributed by atoms with E-state index in [-0.39, 0.29) is 25.0 Å². The summed E-state index contributed by atoms with van der Waals surface area (Å²) in [4.78, 5) is 30.7. The summed E-state index contributed by atoms with van der Waals surface area (Å²) in [7, 11) is 0. The predicted molar refractivity (Wildman–Crippen MR) is 160 cm³/mol. The molecule has 0 bridgehead atoms. The number of nitrogens with zero attached hydrogens (tertiary/aromatic N) is 1. The highest BCUT2D eigenvalue weighted by atomic mass is 32.2. The SMILES string of the molecule is C[C@]12C[C@H](O)[C@]3(F)[C@@]4(C)CC(C=N)=C([NH2+]c5ccc(F)nc5)C=C4CC[C@@]3(C)[C@@H]1CCC2(OC(=O)c1ccco1)C(=O)SCF. The van der Waals surface area contributed by atoms with Crippen LogP contribution in [0, 0.1) is 33.5 Å². The van der Waals surface area contributed by atoms with Crippen molar-refractivity contribution in [3.8, 4) is 0 Å². The molecule has 12 heteroatoms. The van der Waals surface area contributed by atoms with Gasteiger partial charge in [0.05, 0.1) is 18.6 Å². The molecule has 0 amide bonds. The first-order chi connectivity index (χ1) is 21.3. The number of esters is 1. The molecule has 4 N–H and O–H groups in total. The summed E-state index contributed by atoms with van der Waals surface area (Å²) in [5, 5.41) is 21.3. The molecule has 240 valence electrons. The number of aliphatic hydroxyl groups is 1. The molecule has 2 aromatic rings. The molecule has 2 aromatic heterocycles. The van der Waals surface area contributed by atoms with Crippen molar-refractivity contribution in [3.63, 3.8) is 0 Å². The van der Waals surface area contributed by atoms with Crippen LogP contribution in [0.1, 0.15) is 69.9 Å². The number of hydrogen-bond donors (Lipinski definition) is 3. The Morgan fingerprint density at radius 1 is 1.24 bits per heavy atom. The summed E-state index contributed by atoms with van der Waals surface area (Å²) in [5.74, 6) is -2.10. The molecular formula is C33H37F3N3O5S+. The predicted octanol–water partition coefficient (Wildman–Crippen LogP) is 5.72. The van der Waals surface area contributed by atoms with Crippen LogP contribution in [0.25, 0.3) is 0 Å². The van der Waals surface area contributed by atoms with Gasteiger partial charge in [0.25, 0.3) is 0 Å². The summed E-state index contributed by atoms with van der Waals surface area (Å²) in [6.45, 7) is 5.37. The normalized spacial score (nSPS) is 37.3. The van der Waals surface area contributed by atoms with Crippen molar-refractivity contribution in [3.05, 3.63) is 71.4 Å².